The van der Waals surface area contributed by atoms with Gasteiger partial charge in [-0.25, -0.2) is 4.98 Å². The largest absolute Gasteiger partial charge is 0.260 e. The first-order valence-electron chi connectivity index (χ1n) is 3.49. The second-order valence-corrected chi connectivity index (χ2v) is 3.55. The molecule has 0 saturated carbocycles. The molecular formula is C8H10N2S2. The zero-order valence-electron chi connectivity index (χ0n) is 6.60. The second-order valence-electron chi connectivity index (χ2n) is 2.24. The fourth-order valence-electron chi connectivity index (χ4n) is 0.582. The lowest BCUT2D eigenvalue weighted by atomic mass is 10.4. The van der Waals surface area contributed by atoms with Crippen molar-refractivity contribution in [3.8, 4) is 0 Å². The molecule has 0 aliphatic heterocycles. The number of rotatable bonds is 4. The highest BCUT2D eigenvalue weighted by Gasteiger charge is 1.95. The number of thioether (sulfide) groups is 1. The normalized spacial score (nSPS) is 9.75. The minimum atomic E-state index is 0.729. The topological polar surface area (TPSA) is 25.8 Å². The quantitative estimate of drug-likeness (QED) is 0.455. The predicted octanol–water partition coefficient (Wildman–Crippen LogP) is 2.05. The Morgan fingerprint density at radius 3 is 3.00 bits per heavy atom. The molecule has 1 heterocycles. The fraction of sp³-hybridized carbons (Fsp3) is 0.250. The molecule has 0 aromatic carbocycles. The molecule has 0 saturated heterocycles. The molecule has 2 nitrogen and oxygen atoms in total. The Balaban J connectivity index is 2.38. The summed E-state index contributed by atoms with van der Waals surface area (Å²) >= 11 is 5.74. The van der Waals surface area contributed by atoms with Gasteiger partial charge in [-0.05, 0) is 0 Å². The van der Waals surface area contributed by atoms with Crippen molar-refractivity contribution in [3.63, 3.8) is 0 Å². The Morgan fingerprint density at radius 1 is 1.58 bits per heavy atom. The highest BCUT2D eigenvalue weighted by molar-refractivity contribution is 7.99. The van der Waals surface area contributed by atoms with Crippen molar-refractivity contribution in [3.05, 3.63) is 30.7 Å². The maximum absolute atomic E-state index is 4.12. The first-order chi connectivity index (χ1) is 5.83. The van der Waals surface area contributed by atoms with Crippen LogP contribution in [-0.4, -0.2) is 21.5 Å². The standard InChI is InChI=1S/C8H10N2S2/c1-7(5-11)6-12-8-4-9-2-3-10-8/h2-4,11H,1,5-6H2. The van der Waals surface area contributed by atoms with E-state index in [4.69, 9.17) is 0 Å². The average Bonchev–Trinajstić information content (AvgIpc) is 2.16. The van der Waals surface area contributed by atoms with Crippen molar-refractivity contribution in [2.24, 2.45) is 0 Å². The molecule has 0 amide bonds. The highest BCUT2D eigenvalue weighted by atomic mass is 32.2. The molecule has 0 radical (unpaired) electrons. The summed E-state index contributed by atoms with van der Waals surface area (Å²) in [6, 6.07) is 0. The van der Waals surface area contributed by atoms with E-state index < -0.39 is 0 Å². The molecule has 0 atom stereocenters. The van der Waals surface area contributed by atoms with E-state index in [1.807, 2.05) is 0 Å². The predicted molar refractivity (Wildman–Crippen MR) is 55.7 cm³/mol. The molecule has 0 aliphatic rings. The van der Waals surface area contributed by atoms with E-state index in [1.54, 1.807) is 30.4 Å². The van der Waals surface area contributed by atoms with E-state index in [0.717, 1.165) is 22.1 Å². The van der Waals surface area contributed by atoms with Crippen LogP contribution in [0.5, 0.6) is 0 Å². The Morgan fingerprint density at radius 2 is 2.42 bits per heavy atom. The summed E-state index contributed by atoms with van der Waals surface area (Å²) < 4.78 is 0. The van der Waals surface area contributed by atoms with E-state index >= 15 is 0 Å². The van der Waals surface area contributed by atoms with Gasteiger partial charge in [-0.3, -0.25) is 4.98 Å². The Bertz CT molecular complexity index is 248. The summed E-state index contributed by atoms with van der Waals surface area (Å²) in [5.41, 5.74) is 1.11. The number of nitrogens with zero attached hydrogens (tertiary/aromatic N) is 2. The zero-order valence-corrected chi connectivity index (χ0v) is 8.31. The van der Waals surface area contributed by atoms with Crippen LogP contribution in [0.2, 0.25) is 0 Å². The van der Waals surface area contributed by atoms with E-state index in [-0.39, 0.29) is 0 Å². The van der Waals surface area contributed by atoms with E-state index in [1.165, 1.54) is 0 Å². The lowest BCUT2D eigenvalue weighted by Crippen LogP contribution is -1.88. The van der Waals surface area contributed by atoms with Gasteiger partial charge in [0, 0.05) is 23.9 Å². The summed E-state index contributed by atoms with van der Waals surface area (Å²) in [4.78, 5) is 8.08. The lowest BCUT2D eigenvalue weighted by Gasteiger charge is -1.99. The summed E-state index contributed by atoms with van der Waals surface area (Å²) in [7, 11) is 0. The Hall–Kier alpha value is -0.480. The van der Waals surface area contributed by atoms with Gasteiger partial charge < -0.3 is 0 Å². The SMILES string of the molecule is C=C(CS)CSc1cnccn1. The van der Waals surface area contributed by atoms with Crippen LogP contribution < -0.4 is 0 Å². The van der Waals surface area contributed by atoms with Gasteiger partial charge >= 0.3 is 0 Å². The molecule has 64 valence electrons. The van der Waals surface area contributed by atoms with E-state index in [9.17, 15) is 0 Å². The highest BCUT2D eigenvalue weighted by Crippen LogP contribution is 2.15. The van der Waals surface area contributed by atoms with Gasteiger partial charge in [-0.2, -0.15) is 12.6 Å². The van der Waals surface area contributed by atoms with E-state index in [2.05, 4.69) is 29.2 Å². The summed E-state index contributed by atoms with van der Waals surface area (Å²) in [6.07, 6.45) is 5.10. The smallest absolute Gasteiger partial charge is 0.115 e. The monoisotopic (exact) mass is 198 g/mol. The van der Waals surface area contributed by atoms with Crippen LogP contribution in [0.3, 0.4) is 0 Å². The minimum Gasteiger partial charge on any atom is -0.260 e. The number of hydrogen-bond donors (Lipinski definition) is 1. The molecule has 0 spiro atoms. The molecule has 12 heavy (non-hydrogen) atoms. The molecule has 0 N–H and O–H groups in total. The van der Waals surface area contributed by atoms with Crippen molar-refractivity contribution in [1.82, 2.24) is 9.97 Å². The molecule has 0 bridgehead atoms. The van der Waals surface area contributed by atoms with Gasteiger partial charge in [0.2, 0.25) is 0 Å². The van der Waals surface area contributed by atoms with Crippen LogP contribution in [0.4, 0.5) is 0 Å². The maximum Gasteiger partial charge on any atom is 0.115 e. The summed E-state index contributed by atoms with van der Waals surface area (Å²) in [5, 5.41) is 0.931. The summed E-state index contributed by atoms with van der Waals surface area (Å²) in [5.74, 6) is 1.59. The van der Waals surface area contributed by atoms with E-state index in [0.29, 0.717) is 0 Å². The molecule has 4 heteroatoms. The summed E-state index contributed by atoms with van der Waals surface area (Å²) in [6.45, 7) is 3.84. The first kappa shape index (κ1) is 9.61. The third-order valence-corrected chi connectivity index (χ3v) is 2.69. The third-order valence-electron chi connectivity index (χ3n) is 1.19. The fourth-order valence-corrected chi connectivity index (χ4v) is 1.57. The van der Waals surface area contributed by atoms with Crippen molar-refractivity contribution < 1.29 is 0 Å². The van der Waals surface area contributed by atoms with Crippen molar-refractivity contribution >= 4 is 24.4 Å². The molecule has 0 unspecified atom stereocenters. The van der Waals surface area contributed by atoms with Crippen LogP contribution in [0, 0.1) is 0 Å². The number of hydrogen-bond acceptors (Lipinski definition) is 4. The van der Waals surface area contributed by atoms with Crippen molar-refractivity contribution in [2.45, 2.75) is 5.03 Å². The first-order valence-corrected chi connectivity index (χ1v) is 5.11. The van der Waals surface area contributed by atoms with Crippen molar-refractivity contribution in [1.29, 1.82) is 0 Å². The molecular weight excluding hydrogens is 188 g/mol. The molecule has 1 aromatic rings. The van der Waals surface area contributed by atoms with Gasteiger partial charge in [-0.15, -0.1) is 11.8 Å². The van der Waals surface area contributed by atoms with Gasteiger partial charge in [-0.1, -0.05) is 12.2 Å². The van der Waals surface area contributed by atoms with Gasteiger partial charge in [0.25, 0.3) is 0 Å². The molecule has 1 aromatic heterocycles. The van der Waals surface area contributed by atoms with Gasteiger partial charge in [0.1, 0.15) is 5.03 Å². The Kier molecular flexibility index (Phi) is 4.18. The zero-order chi connectivity index (χ0) is 8.81. The average molecular weight is 198 g/mol. The third kappa shape index (κ3) is 3.28. The number of thiol groups is 1. The molecule has 1 rings (SSSR count). The number of aromatic nitrogens is 2. The van der Waals surface area contributed by atoms with Crippen LogP contribution in [0.1, 0.15) is 0 Å². The second kappa shape index (κ2) is 5.22. The van der Waals surface area contributed by atoms with Crippen LogP contribution >= 0.6 is 24.4 Å². The van der Waals surface area contributed by atoms with Crippen LogP contribution in [0.25, 0.3) is 0 Å². The van der Waals surface area contributed by atoms with Crippen molar-refractivity contribution in [2.75, 3.05) is 11.5 Å². The van der Waals surface area contributed by atoms with Crippen LogP contribution in [0.15, 0.2) is 35.8 Å². The van der Waals surface area contributed by atoms with Gasteiger partial charge in [0.15, 0.2) is 0 Å². The van der Waals surface area contributed by atoms with Gasteiger partial charge in [0.05, 0.1) is 6.20 Å². The lowest BCUT2D eigenvalue weighted by molar-refractivity contribution is 1.06. The minimum absolute atomic E-state index is 0.729. The Labute approximate surface area is 81.9 Å². The maximum atomic E-state index is 4.12. The van der Waals surface area contributed by atoms with Crippen LogP contribution in [-0.2, 0) is 0 Å². The molecule has 0 fully saturated rings. The molecule has 0 aliphatic carbocycles.